The molecular formula is C18H23N5O3. The Morgan fingerprint density at radius 1 is 1.19 bits per heavy atom. The number of benzene rings is 1. The third-order valence-corrected chi connectivity index (χ3v) is 4.57. The van der Waals surface area contributed by atoms with Crippen molar-refractivity contribution >= 4 is 11.0 Å². The molecule has 0 atom stereocenters. The normalized spacial score (nSPS) is 11.5. The van der Waals surface area contributed by atoms with Crippen molar-refractivity contribution in [1.82, 2.24) is 24.4 Å². The molecule has 3 rings (SSSR count). The van der Waals surface area contributed by atoms with E-state index < -0.39 is 11.2 Å². The van der Waals surface area contributed by atoms with Gasteiger partial charge in [0, 0.05) is 12.6 Å². The highest BCUT2D eigenvalue weighted by molar-refractivity contribution is 5.80. The SMILES string of the molecule is CCN(CC)CCCn1c2nc(=O)[nH]c(=O)c-2nc2cc(OC)ccc21. The smallest absolute Gasteiger partial charge is 0.349 e. The number of aromatic amines is 1. The molecule has 0 fully saturated rings. The first-order chi connectivity index (χ1) is 12.6. The third kappa shape index (κ3) is 3.45. The molecule has 0 saturated heterocycles. The van der Waals surface area contributed by atoms with Gasteiger partial charge in [-0.3, -0.25) is 9.78 Å². The predicted molar refractivity (Wildman–Crippen MR) is 100.0 cm³/mol. The summed E-state index contributed by atoms with van der Waals surface area (Å²) in [5.74, 6) is 0.972. The molecule has 2 aliphatic rings. The van der Waals surface area contributed by atoms with Gasteiger partial charge in [-0.2, -0.15) is 4.98 Å². The van der Waals surface area contributed by atoms with Crippen LogP contribution in [0.2, 0.25) is 0 Å². The lowest BCUT2D eigenvalue weighted by Gasteiger charge is -2.20. The molecule has 8 nitrogen and oxygen atoms in total. The molecule has 0 saturated carbocycles. The van der Waals surface area contributed by atoms with E-state index >= 15 is 0 Å². The Morgan fingerprint density at radius 2 is 1.96 bits per heavy atom. The molecule has 0 aliphatic carbocycles. The highest BCUT2D eigenvalue weighted by Gasteiger charge is 2.18. The summed E-state index contributed by atoms with van der Waals surface area (Å²) in [5, 5.41) is 0. The van der Waals surface area contributed by atoms with Crippen LogP contribution in [0.5, 0.6) is 5.75 Å². The van der Waals surface area contributed by atoms with Crippen LogP contribution in [0, 0.1) is 0 Å². The predicted octanol–water partition coefficient (Wildman–Crippen LogP) is 1.33. The van der Waals surface area contributed by atoms with Gasteiger partial charge in [-0.15, -0.1) is 0 Å². The topological polar surface area (TPSA) is 93.1 Å². The van der Waals surface area contributed by atoms with Gasteiger partial charge in [-0.1, -0.05) is 13.8 Å². The number of aryl methyl sites for hydroxylation is 1. The number of hydrogen-bond donors (Lipinski definition) is 1. The van der Waals surface area contributed by atoms with E-state index in [0.717, 1.165) is 31.6 Å². The zero-order valence-electron chi connectivity index (χ0n) is 15.3. The first kappa shape index (κ1) is 18.1. The van der Waals surface area contributed by atoms with Crippen LogP contribution < -0.4 is 16.0 Å². The van der Waals surface area contributed by atoms with Crippen LogP contribution >= 0.6 is 0 Å². The summed E-state index contributed by atoms with van der Waals surface area (Å²) in [6.07, 6.45) is 0.870. The van der Waals surface area contributed by atoms with Crippen LogP contribution in [-0.2, 0) is 6.54 Å². The minimum absolute atomic E-state index is 0.160. The van der Waals surface area contributed by atoms with Crippen molar-refractivity contribution in [2.45, 2.75) is 26.8 Å². The Kier molecular flexibility index (Phi) is 5.32. The Bertz CT molecular complexity index is 990. The van der Waals surface area contributed by atoms with E-state index in [2.05, 4.69) is 33.7 Å². The minimum atomic E-state index is -0.658. The second-order valence-corrected chi connectivity index (χ2v) is 6.04. The number of ether oxygens (including phenoxy) is 1. The fourth-order valence-electron chi connectivity index (χ4n) is 3.13. The molecule has 0 radical (unpaired) electrons. The van der Waals surface area contributed by atoms with Crippen LogP contribution in [0.4, 0.5) is 0 Å². The lowest BCUT2D eigenvalue weighted by Crippen LogP contribution is -2.29. The lowest BCUT2D eigenvalue weighted by molar-refractivity contribution is 0.294. The summed E-state index contributed by atoms with van der Waals surface area (Å²) in [7, 11) is 1.58. The molecule has 0 unspecified atom stereocenters. The molecule has 0 bridgehead atoms. The van der Waals surface area contributed by atoms with E-state index in [9.17, 15) is 9.59 Å². The molecule has 0 spiro atoms. The number of nitrogens with zero attached hydrogens (tertiary/aromatic N) is 4. The second-order valence-electron chi connectivity index (χ2n) is 6.04. The molecule has 1 aromatic rings. The van der Waals surface area contributed by atoms with Crippen LogP contribution in [0.1, 0.15) is 20.3 Å². The highest BCUT2D eigenvalue weighted by atomic mass is 16.5. The van der Waals surface area contributed by atoms with E-state index in [1.807, 2.05) is 16.7 Å². The zero-order chi connectivity index (χ0) is 18.7. The summed E-state index contributed by atoms with van der Waals surface area (Å²) in [6.45, 7) is 7.79. The van der Waals surface area contributed by atoms with E-state index in [1.165, 1.54) is 0 Å². The van der Waals surface area contributed by atoms with E-state index in [0.29, 0.717) is 23.6 Å². The number of nitrogens with one attached hydrogen (secondary N) is 1. The van der Waals surface area contributed by atoms with Gasteiger partial charge in [0.15, 0.2) is 11.5 Å². The van der Waals surface area contributed by atoms with Gasteiger partial charge in [0.05, 0.1) is 18.1 Å². The largest absolute Gasteiger partial charge is 0.497 e. The van der Waals surface area contributed by atoms with Crippen molar-refractivity contribution in [3.05, 3.63) is 39.0 Å². The molecule has 1 N–H and O–H groups in total. The van der Waals surface area contributed by atoms with E-state index in [4.69, 9.17) is 4.74 Å². The quantitative estimate of drug-likeness (QED) is 0.641. The molecule has 138 valence electrons. The summed E-state index contributed by atoms with van der Waals surface area (Å²) < 4.78 is 7.16. The maximum Gasteiger partial charge on any atom is 0.349 e. The Balaban J connectivity index is 2.12. The average Bonchev–Trinajstić information content (AvgIpc) is 2.64. The van der Waals surface area contributed by atoms with E-state index in [1.54, 1.807) is 13.2 Å². The molecule has 0 amide bonds. The van der Waals surface area contributed by atoms with Crippen molar-refractivity contribution in [2.75, 3.05) is 26.7 Å². The van der Waals surface area contributed by atoms with Gasteiger partial charge >= 0.3 is 5.69 Å². The number of H-pyrrole nitrogens is 1. The zero-order valence-corrected chi connectivity index (χ0v) is 15.3. The van der Waals surface area contributed by atoms with Gasteiger partial charge in [0.25, 0.3) is 5.56 Å². The molecule has 26 heavy (non-hydrogen) atoms. The monoisotopic (exact) mass is 357 g/mol. The Labute approximate surface area is 150 Å². The molecule has 2 heterocycles. The highest BCUT2D eigenvalue weighted by Crippen LogP contribution is 2.24. The van der Waals surface area contributed by atoms with E-state index in [-0.39, 0.29) is 5.69 Å². The minimum Gasteiger partial charge on any atom is -0.497 e. The van der Waals surface area contributed by atoms with Crippen molar-refractivity contribution in [2.24, 2.45) is 0 Å². The maximum atomic E-state index is 12.2. The van der Waals surface area contributed by atoms with Gasteiger partial charge in [0.2, 0.25) is 0 Å². The van der Waals surface area contributed by atoms with Crippen molar-refractivity contribution in [1.29, 1.82) is 0 Å². The summed E-state index contributed by atoms with van der Waals surface area (Å²) in [4.78, 5) is 36.9. The lowest BCUT2D eigenvalue weighted by atomic mass is 10.2. The maximum absolute atomic E-state index is 12.2. The molecule has 0 aromatic heterocycles. The fourth-order valence-corrected chi connectivity index (χ4v) is 3.13. The van der Waals surface area contributed by atoms with Crippen molar-refractivity contribution < 1.29 is 4.74 Å². The van der Waals surface area contributed by atoms with Gasteiger partial charge in [-0.25, -0.2) is 9.78 Å². The van der Waals surface area contributed by atoms with Gasteiger partial charge < -0.3 is 14.2 Å². The van der Waals surface area contributed by atoms with Crippen LogP contribution in [0.3, 0.4) is 0 Å². The first-order valence-electron chi connectivity index (χ1n) is 8.78. The molecule has 2 aliphatic heterocycles. The standard InChI is InChI=1S/C18H23N5O3/c1-4-22(5-2)9-6-10-23-14-8-7-12(26-3)11-13(14)19-15-16(23)20-18(25)21-17(15)24/h7-8,11H,4-6,9-10H2,1-3H3,(H,21,24,25). The van der Waals surface area contributed by atoms with Crippen LogP contribution in [-0.4, -0.2) is 51.2 Å². The number of rotatable bonds is 7. The molecule has 1 aromatic carbocycles. The Hall–Kier alpha value is -2.74. The first-order valence-corrected chi connectivity index (χ1v) is 8.78. The molecular weight excluding hydrogens is 334 g/mol. The van der Waals surface area contributed by atoms with Gasteiger partial charge in [0.1, 0.15) is 5.75 Å². The Morgan fingerprint density at radius 3 is 2.65 bits per heavy atom. The number of fused-ring (bicyclic) bond motifs is 2. The van der Waals surface area contributed by atoms with Crippen LogP contribution in [0.15, 0.2) is 27.8 Å². The number of methoxy groups -OCH3 is 1. The number of hydrogen-bond acceptors (Lipinski definition) is 6. The number of aromatic nitrogens is 4. The fraction of sp³-hybridized carbons (Fsp3) is 0.444. The second kappa shape index (κ2) is 7.65. The van der Waals surface area contributed by atoms with Crippen LogP contribution in [0.25, 0.3) is 22.6 Å². The molecule has 8 heteroatoms. The third-order valence-electron chi connectivity index (χ3n) is 4.57. The summed E-state index contributed by atoms with van der Waals surface area (Å²) >= 11 is 0. The van der Waals surface area contributed by atoms with Gasteiger partial charge in [-0.05, 0) is 38.2 Å². The summed E-state index contributed by atoms with van der Waals surface area (Å²) in [6, 6.07) is 5.49. The summed E-state index contributed by atoms with van der Waals surface area (Å²) in [5.41, 5.74) is 0.422. The van der Waals surface area contributed by atoms with Crippen molar-refractivity contribution in [3.8, 4) is 17.3 Å². The van der Waals surface area contributed by atoms with Crippen molar-refractivity contribution in [3.63, 3.8) is 0 Å². The average molecular weight is 357 g/mol.